The lowest BCUT2D eigenvalue weighted by Crippen LogP contribution is -2.29. The number of aryl methyl sites for hydroxylation is 1. The maximum atomic E-state index is 10.1. The van der Waals surface area contributed by atoms with Crippen LogP contribution in [0.2, 0.25) is 0 Å². The fourth-order valence-corrected chi connectivity index (χ4v) is 6.47. The van der Waals surface area contributed by atoms with Crippen molar-refractivity contribution in [3.63, 3.8) is 0 Å². The van der Waals surface area contributed by atoms with Gasteiger partial charge in [0.05, 0.1) is 0 Å². The molecular formula is C29H32N2O. The molecule has 2 N–H and O–H groups in total. The molecule has 1 aliphatic carbocycles. The summed E-state index contributed by atoms with van der Waals surface area (Å²) in [7, 11) is 0. The number of hydrogen-bond acceptors (Lipinski definition) is 3. The van der Waals surface area contributed by atoms with Crippen molar-refractivity contribution in [3.05, 3.63) is 95.1 Å². The number of hydrogen-bond donors (Lipinski definition) is 2. The monoisotopic (exact) mass is 424 g/mol. The second kappa shape index (κ2) is 7.97. The van der Waals surface area contributed by atoms with Gasteiger partial charge in [0.25, 0.3) is 0 Å². The smallest absolute Gasteiger partial charge is 0.115 e. The summed E-state index contributed by atoms with van der Waals surface area (Å²) in [5, 5.41) is 13.6. The van der Waals surface area contributed by atoms with E-state index in [-0.39, 0.29) is 0 Å². The Morgan fingerprint density at radius 3 is 2.53 bits per heavy atom. The molecule has 3 aromatic carbocycles. The summed E-state index contributed by atoms with van der Waals surface area (Å²) in [5.74, 6) is 1.15. The van der Waals surface area contributed by atoms with Crippen LogP contribution in [-0.4, -0.2) is 31.3 Å². The maximum absolute atomic E-state index is 10.1. The summed E-state index contributed by atoms with van der Waals surface area (Å²) < 4.78 is 0. The standard InChI is InChI=1S/C29H32N2O/c32-25-11-13-27-23(18-25)8-12-26(21-4-2-1-3-5-21)28(27)22-6-9-24(10-7-22)31-17-15-29(20-31)14-16-30-19-29/h1-7,9-11,13,18,26,28,30,32H,8,12,14-17,19-20H2/t26-,28+,29?/m1/s1. The topological polar surface area (TPSA) is 35.5 Å². The van der Waals surface area contributed by atoms with E-state index in [9.17, 15) is 5.11 Å². The van der Waals surface area contributed by atoms with Gasteiger partial charge in [0.1, 0.15) is 5.75 Å². The van der Waals surface area contributed by atoms with E-state index in [1.54, 1.807) is 0 Å². The molecular weight excluding hydrogens is 392 g/mol. The third-order valence-corrected chi connectivity index (χ3v) is 8.20. The fraction of sp³-hybridized carbons (Fsp3) is 0.379. The summed E-state index contributed by atoms with van der Waals surface area (Å²) in [4.78, 5) is 2.58. The molecule has 0 amide bonds. The van der Waals surface area contributed by atoms with Crippen molar-refractivity contribution in [2.24, 2.45) is 5.41 Å². The van der Waals surface area contributed by atoms with Gasteiger partial charge in [0, 0.05) is 36.7 Å². The quantitative estimate of drug-likeness (QED) is 0.587. The molecule has 32 heavy (non-hydrogen) atoms. The first-order valence-corrected chi connectivity index (χ1v) is 12.1. The molecule has 1 spiro atoms. The summed E-state index contributed by atoms with van der Waals surface area (Å²) in [6.45, 7) is 4.69. The maximum Gasteiger partial charge on any atom is 0.115 e. The van der Waals surface area contributed by atoms with Crippen molar-refractivity contribution in [1.29, 1.82) is 0 Å². The number of nitrogens with zero attached hydrogens (tertiary/aromatic N) is 1. The zero-order valence-electron chi connectivity index (χ0n) is 18.6. The summed E-state index contributed by atoms with van der Waals surface area (Å²) in [6.07, 6.45) is 4.74. The van der Waals surface area contributed by atoms with Crippen LogP contribution in [0.25, 0.3) is 0 Å². The normalized spacial score (nSPS) is 27.1. The van der Waals surface area contributed by atoms with Crippen molar-refractivity contribution < 1.29 is 5.11 Å². The molecule has 6 rings (SSSR count). The van der Waals surface area contributed by atoms with Crippen LogP contribution in [0.1, 0.15) is 53.4 Å². The van der Waals surface area contributed by atoms with Crippen LogP contribution < -0.4 is 10.2 Å². The minimum atomic E-state index is 0.319. The first-order valence-electron chi connectivity index (χ1n) is 12.1. The average molecular weight is 425 g/mol. The van der Waals surface area contributed by atoms with Crippen molar-refractivity contribution >= 4 is 5.69 Å². The van der Waals surface area contributed by atoms with E-state index >= 15 is 0 Å². The molecule has 3 heteroatoms. The Labute approximate surface area is 191 Å². The van der Waals surface area contributed by atoms with Crippen molar-refractivity contribution in [1.82, 2.24) is 5.32 Å². The Kier molecular flexibility index (Phi) is 4.95. The highest BCUT2D eigenvalue weighted by atomic mass is 16.3. The minimum absolute atomic E-state index is 0.319. The number of fused-ring (bicyclic) bond motifs is 1. The van der Waals surface area contributed by atoms with Gasteiger partial charge in [-0.15, -0.1) is 0 Å². The van der Waals surface area contributed by atoms with Crippen LogP contribution in [0.5, 0.6) is 5.75 Å². The number of nitrogens with one attached hydrogen (secondary N) is 1. The number of phenols is 1. The van der Waals surface area contributed by atoms with Gasteiger partial charge < -0.3 is 15.3 Å². The molecule has 0 saturated carbocycles. The predicted octanol–water partition coefficient (Wildman–Crippen LogP) is 5.44. The van der Waals surface area contributed by atoms with Crippen molar-refractivity contribution in [2.75, 3.05) is 31.1 Å². The third-order valence-electron chi connectivity index (χ3n) is 8.20. The zero-order chi connectivity index (χ0) is 21.5. The van der Waals surface area contributed by atoms with Gasteiger partial charge in [-0.25, -0.2) is 0 Å². The second-order valence-electron chi connectivity index (χ2n) is 10.1. The zero-order valence-corrected chi connectivity index (χ0v) is 18.6. The van der Waals surface area contributed by atoms with Gasteiger partial charge in [0.2, 0.25) is 0 Å². The van der Waals surface area contributed by atoms with E-state index < -0.39 is 0 Å². The average Bonchev–Trinajstić information content (AvgIpc) is 3.48. The Morgan fingerprint density at radius 1 is 0.906 bits per heavy atom. The van der Waals surface area contributed by atoms with Gasteiger partial charge in [-0.2, -0.15) is 0 Å². The number of phenolic OH excluding ortho intramolecular Hbond substituents is 1. The van der Waals surface area contributed by atoms with Crippen LogP contribution in [0.3, 0.4) is 0 Å². The summed E-state index contributed by atoms with van der Waals surface area (Å²) in [5.41, 5.74) is 7.30. The molecule has 2 fully saturated rings. The largest absolute Gasteiger partial charge is 0.508 e. The molecule has 2 heterocycles. The number of benzene rings is 3. The van der Waals surface area contributed by atoms with Gasteiger partial charge in [-0.3, -0.25) is 0 Å². The van der Waals surface area contributed by atoms with E-state index in [1.165, 1.54) is 67.0 Å². The lowest BCUT2D eigenvalue weighted by Gasteiger charge is -2.35. The summed E-state index contributed by atoms with van der Waals surface area (Å²) in [6, 6.07) is 26.3. The van der Waals surface area contributed by atoms with E-state index in [1.807, 2.05) is 12.1 Å². The molecule has 3 nitrogen and oxygen atoms in total. The fourth-order valence-electron chi connectivity index (χ4n) is 6.47. The SMILES string of the molecule is Oc1ccc2c(c1)CC[C@H](c1ccccc1)[C@@H]2c1ccc(N2CCC3(CCNC3)C2)cc1. The highest BCUT2D eigenvalue weighted by Crippen LogP contribution is 2.47. The Hall–Kier alpha value is -2.78. The van der Waals surface area contributed by atoms with E-state index in [4.69, 9.17) is 0 Å². The van der Waals surface area contributed by atoms with Gasteiger partial charge in [0.15, 0.2) is 0 Å². The highest BCUT2D eigenvalue weighted by molar-refractivity contribution is 5.53. The third kappa shape index (κ3) is 3.49. The Morgan fingerprint density at radius 2 is 1.75 bits per heavy atom. The molecule has 3 aliphatic rings. The lowest BCUT2D eigenvalue weighted by atomic mass is 9.69. The molecule has 164 valence electrons. The van der Waals surface area contributed by atoms with Gasteiger partial charge in [-0.05, 0) is 84.7 Å². The van der Waals surface area contributed by atoms with E-state index in [2.05, 4.69) is 70.9 Å². The summed E-state index contributed by atoms with van der Waals surface area (Å²) >= 11 is 0. The van der Waals surface area contributed by atoms with Crippen LogP contribution in [0, 0.1) is 5.41 Å². The first kappa shape index (κ1) is 19.9. The van der Waals surface area contributed by atoms with Crippen LogP contribution in [-0.2, 0) is 6.42 Å². The molecule has 0 aromatic heterocycles. The predicted molar refractivity (Wildman–Crippen MR) is 131 cm³/mol. The highest BCUT2D eigenvalue weighted by Gasteiger charge is 2.40. The first-order chi connectivity index (χ1) is 15.7. The van der Waals surface area contributed by atoms with Crippen molar-refractivity contribution in [2.45, 2.75) is 37.5 Å². The van der Waals surface area contributed by atoms with Crippen LogP contribution in [0.15, 0.2) is 72.8 Å². The van der Waals surface area contributed by atoms with Gasteiger partial charge in [-0.1, -0.05) is 48.5 Å². The second-order valence-corrected chi connectivity index (χ2v) is 10.1. The van der Waals surface area contributed by atoms with E-state index in [0.29, 0.717) is 23.0 Å². The Balaban J connectivity index is 1.33. The molecule has 1 unspecified atom stereocenters. The molecule has 0 radical (unpaired) electrons. The molecule has 2 aliphatic heterocycles. The molecule has 0 bridgehead atoms. The van der Waals surface area contributed by atoms with E-state index in [0.717, 1.165) is 12.8 Å². The molecule has 3 aromatic rings. The lowest BCUT2D eigenvalue weighted by molar-refractivity contribution is 0.369. The van der Waals surface area contributed by atoms with Gasteiger partial charge >= 0.3 is 0 Å². The van der Waals surface area contributed by atoms with Crippen LogP contribution >= 0.6 is 0 Å². The number of anilines is 1. The minimum Gasteiger partial charge on any atom is -0.508 e. The Bertz CT molecular complexity index is 1090. The van der Waals surface area contributed by atoms with Crippen molar-refractivity contribution in [3.8, 4) is 5.75 Å². The molecule has 2 saturated heterocycles. The number of aromatic hydroxyl groups is 1. The molecule has 3 atom stereocenters. The number of rotatable bonds is 3. The van der Waals surface area contributed by atoms with Crippen LogP contribution in [0.4, 0.5) is 5.69 Å².